The second kappa shape index (κ2) is 10.6. The molecule has 1 aromatic heterocycles. The van der Waals surface area contributed by atoms with Crippen molar-refractivity contribution >= 4 is 35.0 Å². The average Bonchev–Trinajstić information content (AvgIpc) is 3.16. The van der Waals surface area contributed by atoms with Crippen LogP contribution in [0.15, 0.2) is 69.6 Å². The molecule has 0 spiro atoms. The van der Waals surface area contributed by atoms with Gasteiger partial charge in [-0.3, -0.25) is 9.36 Å². The van der Waals surface area contributed by atoms with Gasteiger partial charge < -0.3 is 14.4 Å². The number of hydrogen-bond donors (Lipinski definition) is 0. The third-order valence-electron chi connectivity index (χ3n) is 5.94. The van der Waals surface area contributed by atoms with Crippen LogP contribution in [0.1, 0.15) is 48.3 Å². The summed E-state index contributed by atoms with van der Waals surface area (Å²) in [5, 5.41) is 0. The summed E-state index contributed by atoms with van der Waals surface area (Å²) < 4.78 is 12.4. The topological polar surface area (TPSA) is 90.2 Å². The van der Waals surface area contributed by atoms with Crippen molar-refractivity contribution in [2.24, 2.45) is 4.99 Å². The molecule has 1 aliphatic rings. The number of methoxy groups -OCH3 is 1. The van der Waals surface area contributed by atoms with Crippen LogP contribution < -0.4 is 19.8 Å². The number of rotatable bonds is 6. The summed E-state index contributed by atoms with van der Waals surface area (Å²) in [6.07, 6.45) is 1.48. The molecule has 0 saturated heterocycles. The van der Waals surface area contributed by atoms with Crippen LogP contribution in [0, 0.1) is 0 Å². The monoisotopic (exact) mass is 519 g/mol. The van der Waals surface area contributed by atoms with Crippen LogP contribution in [-0.4, -0.2) is 43.8 Å². The largest absolute Gasteiger partial charge is 0.465 e. The van der Waals surface area contributed by atoms with Crippen LogP contribution >= 0.6 is 11.3 Å². The van der Waals surface area contributed by atoms with Crippen LogP contribution in [0.25, 0.3) is 6.08 Å². The van der Waals surface area contributed by atoms with Crippen molar-refractivity contribution in [1.82, 2.24) is 4.57 Å². The number of fused-ring (bicyclic) bond motifs is 1. The maximum absolute atomic E-state index is 13.7. The Kier molecular flexibility index (Phi) is 7.45. The lowest BCUT2D eigenvalue weighted by atomic mass is 9.95. The van der Waals surface area contributed by atoms with E-state index in [1.165, 1.54) is 23.0 Å². The first-order chi connectivity index (χ1) is 17.6. The normalized spacial score (nSPS) is 15.3. The van der Waals surface area contributed by atoms with Gasteiger partial charge >= 0.3 is 11.9 Å². The smallest absolute Gasteiger partial charge is 0.338 e. The number of ether oxygens (including phenoxy) is 2. The van der Waals surface area contributed by atoms with Crippen molar-refractivity contribution in [2.75, 3.05) is 26.1 Å². The van der Waals surface area contributed by atoms with E-state index in [1.54, 1.807) is 45.0 Å². The Bertz CT molecular complexity index is 1540. The predicted octanol–water partition coefficient (Wildman–Crippen LogP) is 3.04. The zero-order valence-corrected chi connectivity index (χ0v) is 22.5. The van der Waals surface area contributed by atoms with Gasteiger partial charge in [0.05, 0.1) is 40.6 Å². The molecule has 0 saturated carbocycles. The van der Waals surface area contributed by atoms with Gasteiger partial charge in [-0.05, 0) is 62.2 Å². The molecular weight excluding hydrogens is 490 g/mol. The number of benzene rings is 2. The minimum absolute atomic E-state index is 0.259. The van der Waals surface area contributed by atoms with E-state index in [2.05, 4.69) is 4.99 Å². The van der Waals surface area contributed by atoms with Gasteiger partial charge in [-0.2, -0.15) is 0 Å². The Morgan fingerprint density at radius 3 is 2.27 bits per heavy atom. The lowest BCUT2D eigenvalue weighted by Gasteiger charge is -2.25. The van der Waals surface area contributed by atoms with Crippen LogP contribution in [0.3, 0.4) is 0 Å². The number of esters is 2. The van der Waals surface area contributed by atoms with Gasteiger partial charge in [0.2, 0.25) is 0 Å². The SMILES string of the molecule is COC(=O)c1ccc(C2C(C(=O)OC(C)C)=C(C)N=c3sc(=Cc4ccc(N(C)C)cc4)c(=O)n32)cc1. The quantitative estimate of drug-likeness (QED) is 0.465. The molecule has 2 aromatic carbocycles. The van der Waals surface area contributed by atoms with Gasteiger partial charge in [0.25, 0.3) is 5.56 Å². The fourth-order valence-corrected chi connectivity index (χ4v) is 5.16. The van der Waals surface area contributed by atoms with E-state index in [-0.39, 0.29) is 17.2 Å². The number of anilines is 1. The van der Waals surface area contributed by atoms with Crippen molar-refractivity contribution in [3.63, 3.8) is 0 Å². The van der Waals surface area contributed by atoms with Crippen LogP contribution in [0.4, 0.5) is 5.69 Å². The van der Waals surface area contributed by atoms with Gasteiger partial charge in [-0.25, -0.2) is 14.6 Å². The minimum atomic E-state index is -0.757. The van der Waals surface area contributed by atoms with E-state index in [1.807, 2.05) is 49.3 Å². The number of aromatic nitrogens is 1. The fraction of sp³-hybridized carbons (Fsp3) is 0.286. The zero-order chi connectivity index (χ0) is 26.9. The highest BCUT2D eigenvalue weighted by atomic mass is 32.1. The molecule has 37 heavy (non-hydrogen) atoms. The summed E-state index contributed by atoms with van der Waals surface area (Å²) in [6, 6.07) is 13.8. The molecule has 3 aromatic rings. The Hall–Kier alpha value is -3.98. The van der Waals surface area contributed by atoms with Gasteiger partial charge in [0.1, 0.15) is 0 Å². The molecule has 0 fully saturated rings. The summed E-state index contributed by atoms with van der Waals surface area (Å²) in [5.41, 5.74) is 3.46. The average molecular weight is 520 g/mol. The van der Waals surface area contributed by atoms with Gasteiger partial charge in [0.15, 0.2) is 4.80 Å². The first kappa shape index (κ1) is 26.1. The zero-order valence-electron chi connectivity index (χ0n) is 21.6. The third-order valence-corrected chi connectivity index (χ3v) is 6.92. The van der Waals surface area contributed by atoms with E-state index < -0.39 is 18.0 Å². The van der Waals surface area contributed by atoms with Crippen molar-refractivity contribution in [1.29, 1.82) is 0 Å². The standard InChI is InChI=1S/C28H29N3O5S/c1-16(2)36-27(34)23-17(3)29-28-31(24(23)19-9-11-20(12-10-19)26(33)35-6)25(32)22(37-28)15-18-7-13-21(14-8-18)30(4)5/h7-16,24H,1-6H3. The second-order valence-corrected chi connectivity index (χ2v) is 10.1. The summed E-state index contributed by atoms with van der Waals surface area (Å²) in [7, 11) is 5.25. The molecule has 0 radical (unpaired) electrons. The predicted molar refractivity (Wildman–Crippen MR) is 144 cm³/mol. The molecule has 8 nitrogen and oxygen atoms in total. The Labute approximate surface area is 218 Å². The van der Waals surface area contributed by atoms with Crippen LogP contribution in [0.2, 0.25) is 0 Å². The Morgan fingerprint density at radius 1 is 1.05 bits per heavy atom. The summed E-state index contributed by atoms with van der Waals surface area (Å²) >= 11 is 1.27. The summed E-state index contributed by atoms with van der Waals surface area (Å²) in [5.74, 6) is -1.01. The maximum Gasteiger partial charge on any atom is 0.338 e. The van der Waals surface area contributed by atoms with Crippen molar-refractivity contribution in [3.05, 3.63) is 96.2 Å². The highest BCUT2D eigenvalue weighted by Crippen LogP contribution is 2.31. The molecule has 0 amide bonds. The minimum Gasteiger partial charge on any atom is -0.465 e. The van der Waals surface area contributed by atoms with E-state index in [0.29, 0.717) is 26.2 Å². The molecule has 2 heterocycles. The molecule has 192 valence electrons. The Balaban J connectivity index is 1.88. The highest BCUT2D eigenvalue weighted by molar-refractivity contribution is 7.07. The number of carbonyl (C=O) groups is 2. The number of thiazole rings is 1. The highest BCUT2D eigenvalue weighted by Gasteiger charge is 2.33. The molecule has 0 aliphatic carbocycles. The lowest BCUT2D eigenvalue weighted by Crippen LogP contribution is -2.40. The van der Waals surface area contributed by atoms with Crippen molar-refractivity contribution in [2.45, 2.75) is 32.9 Å². The molecule has 0 N–H and O–H groups in total. The summed E-state index contributed by atoms with van der Waals surface area (Å²) in [4.78, 5) is 46.0. The first-order valence-electron chi connectivity index (χ1n) is 11.8. The number of carbonyl (C=O) groups excluding carboxylic acids is 2. The molecule has 1 unspecified atom stereocenters. The van der Waals surface area contributed by atoms with E-state index in [4.69, 9.17) is 9.47 Å². The molecule has 0 bridgehead atoms. The molecule has 1 aliphatic heterocycles. The van der Waals surface area contributed by atoms with Crippen molar-refractivity contribution < 1.29 is 19.1 Å². The van der Waals surface area contributed by atoms with Crippen LogP contribution in [-0.2, 0) is 14.3 Å². The fourth-order valence-electron chi connectivity index (χ4n) is 4.12. The number of hydrogen-bond acceptors (Lipinski definition) is 8. The van der Waals surface area contributed by atoms with Gasteiger partial charge in [-0.1, -0.05) is 35.6 Å². The first-order valence-corrected chi connectivity index (χ1v) is 12.6. The second-order valence-electron chi connectivity index (χ2n) is 9.14. The maximum atomic E-state index is 13.7. The van der Waals surface area contributed by atoms with E-state index in [9.17, 15) is 14.4 Å². The van der Waals surface area contributed by atoms with Gasteiger partial charge in [0, 0.05) is 19.8 Å². The summed E-state index contributed by atoms with van der Waals surface area (Å²) in [6.45, 7) is 5.28. The van der Waals surface area contributed by atoms with E-state index in [0.717, 1.165) is 11.3 Å². The number of nitrogens with zero attached hydrogens (tertiary/aromatic N) is 3. The van der Waals surface area contributed by atoms with E-state index >= 15 is 0 Å². The molecule has 4 rings (SSSR count). The van der Waals surface area contributed by atoms with Gasteiger partial charge in [-0.15, -0.1) is 0 Å². The van der Waals surface area contributed by atoms with Crippen LogP contribution in [0.5, 0.6) is 0 Å². The lowest BCUT2D eigenvalue weighted by molar-refractivity contribution is -0.143. The Morgan fingerprint density at radius 2 is 1.70 bits per heavy atom. The molecular formula is C28H29N3O5S. The third kappa shape index (κ3) is 5.27. The van der Waals surface area contributed by atoms with Crippen molar-refractivity contribution in [3.8, 4) is 0 Å². The molecule has 9 heteroatoms. The number of allylic oxidation sites excluding steroid dienone is 1. The molecule has 1 atom stereocenters.